The van der Waals surface area contributed by atoms with Gasteiger partial charge in [0.25, 0.3) is 0 Å². The van der Waals surface area contributed by atoms with E-state index < -0.39 is 9.84 Å². The zero-order chi connectivity index (χ0) is 12.5. The van der Waals surface area contributed by atoms with E-state index in [2.05, 4.69) is 5.32 Å². The van der Waals surface area contributed by atoms with Gasteiger partial charge in [-0.1, -0.05) is 19.8 Å². The summed E-state index contributed by atoms with van der Waals surface area (Å²) in [6.07, 6.45) is 4.46. The molecule has 5 nitrogen and oxygen atoms in total. The summed E-state index contributed by atoms with van der Waals surface area (Å²) < 4.78 is 23.1. The van der Waals surface area contributed by atoms with E-state index >= 15 is 0 Å². The minimum absolute atomic E-state index is 0.0977. The molecule has 2 rings (SSSR count). The molecule has 6 heteroatoms. The van der Waals surface area contributed by atoms with Crippen molar-refractivity contribution >= 4 is 15.9 Å². The van der Waals surface area contributed by atoms with Crippen molar-refractivity contribution in [3.05, 3.63) is 0 Å². The van der Waals surface area contributed by atoms with E-state index in [-0.39, 0.29) is 17.0 Å². The van der Waals surface area contributed by atoms with Gasteiger partial charge in [0.05, 0.1) is 5.25 Å². The van der Waals surface area contributed by atoms with E-state index in [0.717, 1.165) is 12.8 Å². The maximum Gasteiger partial charge on any atom is 0.317 e. The SMILES string of the molecule is CCS(=O)(=O)C1CN(C(=O)NC2CCCC2)C1. The third-order valence-electron chi connectivity index (χ3n) is 3.73. The summed E-state index contributed by atoms with van der Waals surface area (Å²) in [6.45, 7) is 2.36. The topological polar surface area (TPSA) is 66.5 Å². The molecule has 98 valence electrons. The first-order valence-corrected chi connectivity index (χ1v) is 8.01. The molecule has 1 aliphatic heterocycles. The number of nitrogens with one attached hydrogen (secondary N) is 1. The zero-order valence-corrected chi connectivity index (χ0v) is 11.0. The molecule has 0 aromatic heterocycles. The summed E-state index contributed by atoms with van der Waals surface area (Å²) in [6, 6.07) is 0.198. The normalized spacial score (nSPS) is 22.5. The highest BCUT2D eigenvalue weighted by Crippen LogP contribution is 2.20. The zero-order valence-electron chi connectivity index (χ0n) is 10.2. The fourth-order valence-electron chi connectivity index (χ4n) is 2.40. The lowest BCUT2D eigenvalue weighted by Crippen LogP contribution is -2.60. The van der Waals surface area contributed by atoms with Crippen molar-refractivity contribution in [2.45, 2.75) is 43.9 Å². The Morgan fingerprint density at radius 1 is 1.29 bits per heavy atom. The molecule has 0 unspecified atom stereocenters. The molecule has 1 N–H and O–H groups in total. The Labute approximate surface area is 102 Å². The Morgan fingerprint density at radius 3 is 2.41 bits per heavy atom. The minimum atomic E-state index is -2.98. The van der Waals surface area contributed by atoms with Crippen LogP contribution in [0.4, 0.5) is 4.79 Å². The van der Waals surface area contributed by atoms with Crippen LogP contribution in [0.15, 0.2) is 0 Å². The van der Waals surface area contributed by atoms with E-state index in [1.807, 2.05) is 0 Å². The van der Waals surface area contributed by atoms with E-state index in [9.17, 15) is 13.2 Å². The molecule has 0 bridgehead atoms. The van der Waals surface area contributed by atoms with Crippen LogP contribution < -0.4 is 5.32 Å². The number of urea groups is 1. The fourth-order valence-corrected chi connectivity index (χ4v) is 3.69. The van der Waals surface area contributed by atoms with Crippen molar-refractivity contribution in [3.8, 4) is 0 Å². The summed E-state index contributed by atoms with van der Waals surface area (Å²) in [5.74, 6) is 0.162. The van der Waals surface area contributed by atoms with Crippen LogP contribution in [0.1, 0.15) is 32.6 Å². The first-order chi connectivity index (χ1) is 8.03. The number of hydrogen-bond acceptors (Lipinski definition) is 3. The third-order valence-corrected chi connectivity index (χ3v) is 5.85. The monoisotopic (exact) mass is 260 g/mol. The van der Waals surface area contributed by atoms with Crippen LogP contribution in [0.2, 0.25) is 0 Å². The molecule has 0 radical (unpaired) electrons. The predicted molar refractivity (Wildman–Crippen MR) is 65.6 cm³/mol. The molecule has 0 spiro atoms. The third kappa shape index (κ3) is 2.73. The smallest absolute Gasteiger partial charge is 0.317 e. The van der Waals surface area contributed by atoms with Crippen LogP contribution in [0, 0.1) is 0 Å². The first kappa shape index (κ1) is 12.7. The molecule has 1 aliphatic carbocycles. The van der Waals surface area contributed by atoms with Gasteiger partial charge < -0.3 is 10.2 Å². The Morgan fingerprint density at radius 2 is 1.88 bits per heavy atom. The minimum Gasteiger partial charge on any atom is -0.335 e. The maximum absolute atomic E-state index is 11.8. The van der Waals surface area contributed by atoms with Crippen molar-refractivity contribution in [2.24, 2.45) is 0 Å². The van der Waals surface area contributed by atoms with Gasteiger partial charge in [0.1, 0.15) is 0 Å². The van der Waals surface area contributed by atoms with Gasteiger partial charge in [-0.2, -0.15) is 0 Å². The lowest BCUT2D eigenvalue weighted by Gasteiger charge is -2.38. The van der Waals surface area contributed by atoms with Crippen molar-refractivity contribution in [1.29, 1.82) is 0 Å². The molecule has 2 amide bonds. The largest absolute Gasteiger partial charge is 0.335 e. The lowest BCUT2D eigenvalue weighted by molar-refractivity contribution is 0.165. The second kappa shape index (κ2) is 4.84. The van der Waals surface area contributed by atoms with E-state index in [4.69, 9.17) is 0 Å². The molecule has 2 aliphatic rings. The standard InChI is InChI=1S/C11H20N2O3S/c1-2-17(15,16)10-7-13(8-10)11(14)12-9-5-3-4-6-9/h9-10H,2-8H2,1H3,(H,12,14). The molecule has 1 heterocycles. The summed E-state index contributed by atoms with van der Waals surface area (Å²) >= 11 is 0. The Bertz CT molecular complexity index is 382. The van der Waals surface area contributed by atoms with Crippen molar-refractivity contribution in [2.75, 3.05) is 18.8 Å². The average molecular weight is 260 g/mol. The molecule has 1 saturated heterocycles. The summed E-state index contributed by atoms with van der Waals surface area (Å²) in [7, 11) is -2.98. The van der Waals surface area contributed by atoms with Crippen molar-refractivity contribution < 1.29 is 13.2 Å². The van der Waals surface area contributed by atoms with Gasteiger partial charge in [-0.05, 0) is 12.8 Å². The van der Waals surface area contributed by atoms with E-state index in [1.165, 1.54) is 12.8 Å². The van der Waals surface area contributed by atoms with Gasteiger partial charge in [-0.15, -0.1) is 0 Å². The number of hydrogen-bond donors (Lipinski definition) is 1. The van der Waals surface area contributed by atoms with Crippen molar-refractivity contribution in [1.82, 2.24) is 10.2 Å². The van der Waals surface area contributed by atoms with Gasteiger partial charge in [0.15, 0.2) is 9.84 Å². The maximum atomic E-state index is 11.8. The Kier molecular flexibility index (Phi) is 3.61. The number of carbonyl (C=O) groups is 1. The van der Waals surface area contributed by atoms with Crippen LogP contribution in [0.5, 0.6) is 0 Å². The molecule has 0 aromatic rings. The van der Waals surface area contributed by atoms with Crippen LogP contribution in [0.3, 0.4) is 0 Å². The van der Waals surface area contributed by atoms with Gasteiger partial charge >= 0.3 is 6.03 Å². The number of sulfone groups is 1. The van der Waals surface area contributed by atoms with Gasteiger partial charge in [0.2, 0.25) is 0 Å². The van der Waals surface area contributed by atoms with E-state index in [1.54, 1.807) is 11.8 Å². The number of amides is 2. The van der Waals surface area contributed by atoms with Crippen LogP contribution in [-0.2, 0) is 9.84 Å². The summed E-state index contributed by atoms with van der Waals surface area (Å²) in [5.41, 5.74) is 0. The Balaban J connectivity index is 1.77. The number of nitrogens with zero attached hydrogens (tertiary/aromatic N) is 1. The van der Waals surface area contributed by atoms with Crippen LogP contribution in [0.25, 0.3) is 0 Å². The number of carbonyl (C=O) groups excluding carboxylic acids is 1. The van der Waals surface area contributed by atoms with E-state index in [0.29, 0.717) is 19.1 Å². The van der Waals surface area contributed by atoms with Gasteiger partial charge in [-0.25, -0.2) is 13.2 Å². The molecule has 0 atom stereocenters. The van der Waals surface area contributed by atoms with Crippen LogP contribution in [-0.4, -0.2) is 49.5 Å². The summed E-state index contributed by atoms with van der Waals surface area (Å²) in [4.78, 5) is 13.4. The quantitative estimate of drug-likeness (QED) is 0.814. The average Bonchev–Trinajstić information content (AvgIpc) is 2.67. The second-order valence-corrected chi connectivity index (χ2v) is 7.48. The highest BCUT2D eigenvalue weighted by Gasteiger charge is 2.39. The fraction of sp³-hybridized carbons (Fsp3) is 0.909. The number of likely N-dealkylation sites (tertiary alicyclic amines) is 1. The molecular formula is C11H20N2O3S. The van der Waals surface area contributed by atoms with Crippen LogP contribution >= 0.6 is 0 Å². The lowest BCUT2D eigenvalue weighted by atomic mass is 10.2. The van der Waals surface area contributed by atoms with Gasteiger partial charge in [0, 0.05) is 24.9 Å². The summed E-state index contributed by atoms with van der Waals surface area (Å²) in [5, 5.41) is 2.62. The Hall–Kier alpha value is -0.780. The molecule has 2 fully saturated rings. The molecule has 1 saturated carbocycles. The highest BCUT2D eigenvalue weighted by atomic mass is 32.2. The van der Waals surface area contributed by atoms with Gasteiger partial charge in [-0.3, -0.25) is 0 Å². The van der Waals surface area contributed by atoms with Crippen molar-refractivity contribution in [3.63, 3.8) is 0 Å². The molecule has 17 heavy (non-hydrogen) atoms. The predicted octanol–water partition coefficient (Wildman–Crippen LogP) is 0.757. The molecule has 0 aromatic carbocycles. The molecular weight excluding hydrogens is 240 g/mol. The second-order valence-electron chi connectivity index (χ2n) is 4.91. The first-order valence-electron chi connectivity index (χ1n) is 6.30. The number of rotatable bonds is 3. The highest BCUT2D eigenvalue weighted by molar-refractivity contribution is 7.92.